The van der Waals surface area contributed by atoms with Gasteiger partial charge in [0, 0.05) is 13.2 Å². The number of piperidine rings is 3. The van der Waals surface area contributed by atoms with Crippen LogP contribution in [0.5, 0.6) is 0 Å². The number of rotatable bonds is 3. The molecule has 4 nitrogen and oxygen atoms in total. The van der Waals surface area contributed by atoms with E-state index in [1.807, 2.05) is 0 Å². The van der Waals surface area contributed by atoms with E-state index in [0.29, 0.717) is 13.0 Å². The van der Waals surface area contributed by atoms with Gasteiger partial charge in [0.2, 0.25) is 0 Å². The van der Waals surface area contributed by atoms with Crippen LogP contribution in [-0.4, -0.2) is 47.3 Å². The maximum absolute atomic E-state index is 11.3. The van der Waals surface area contributed by atoms with Crippen molar-refractivity contribution in [2.24, 2.45) is 11.3 Å². The van der Waals surface area contributed by atoms with Crippen molar-refractivity contribution in [3.8, 4) is 0 Å². The molecule has 80 valence electrons. The number of aliphatic hydroxyl groups is 1. The van der Waals surface area contributed by atoms with Crippen molar-refractivity contribution in [1.82, 2.24) is 4.90 Å². The van der Waals surface area contributed by atoms with Gasteiger partial charge < -0.3 is 15.1 Å². The van der Waals surface area contributed by atoms with Crippen LogP contribution in [-0.2, 0) is 4.79 Å². The summed E-state index contributed by atoms with van der Waals surface area (Å²) in [6.07, 6.45) is 2.36. The molecule has 3 saturated heterocycles. The number of aliphatic hydroxyl groups excluding tert-OH is 1. The van der Waals surface area contributed by atoms with Gasteiger partial charge in [0.05, 0.1) is 5.41 Å². The summed E-state index contributed by atoms with van der Waals surface area (Å²) in [6.45, 7) is 2.68. The van der Waals surface area contributed by atoms with E-state index in [-0.39, 0.29) is 12.5 Å². The van der Waals surface area contributed by atoms with E-state index in [1.54, 1.807) is 0 Å². The lowest BCUT2D eigenvalue weighted by atomic mass is 9.65. The number of nitrogens with zero attached hydrogens (tertiary/aromatic N) is 1. The van der Waals surface area contributed by atoms with Crippen molar-refractivity contribution in [3.05, 3.63) is 0 Å². The highest BCUT2D eigenvalue weighted by Crippen LogP contribution is 2.44. The minimum absolute atomic E-state index is 0.0172. The number of hydrogen-bond donors (Lipinski definition) is 2. The average molecular weight is 199 g/mol. The van der Waals surface area contributed by atoms with E-state index in [4.69, 9.17) is 5.11 Å². The first-order valence-corrected chi connectivity index (χ1v) is 5.25. The Hall–Kier alpha value is -0.610. The van der Waals surface area contributed by atoms with Crippen molar-refractivity contribution < 1.29 is 15.0 Å². The number of aliphatic carboxylic acids is 1. The molecular weight excluding hydrogens is 182 g/mol. The van der Waals surface area contributed by atoms with Gasteiger partial charge in [-0.3, -0.25) is 4.79 Å². The topological polar surface area (TPSA) is 60.8 Å². The summed E-state index contributed by atoms with van der Waals surface area (Å²) in [5.74, 6) is -0.446. The normalized spacial score (nSPS) is 41.2. The van der Waals surface area contributed by atoms with Gasteiger partial charge in [-0.2, -0.15) is 0 Å². The van der Waals surface area contributed by atoms with Crippen molar-refractivity contribution >= 4 is 5.97 Å². The summed E-state index contributed by atoms with van der Waals surface area (Å²) in [5, 5.41) is 18.3. The SMILES string of the molecule is O=C(O)C1(CCO)CN2CCC1CC2. The molecule has 3 aliphatic heterocycles. The molecule has 3 rings (SSSR count). The molecule has 3 heterocycles. The number of fused-ring (bicyclic) bond motifs is 3. The second-order valence-electron chi connectivity index (χ2n) is 4.49. The summed E-state index contributed by atoms with van der Waals surface area (Å²) in [6, 6.07) is 0. The molecule has 1 unspecified atom stereocenters. The molecule has 0 aromatic heterocycles. The first-order chi connectivity index (χ1) is 6.69. The van der Waals surface area contributed by atoms with Crippen molar-refractivity contribution in [2.45, 2.75) is 19.3 Å². The largest absolute Gasteiger partial charge is 0.481 e. The zero-order chi connectivity index (χ0) is 10.2. The number of carboxylic acids is 1. The standard InChI is InChI=1S/C10H17NO3/c12-6-3-10(9(13)14)7-11-4-1-8(10)2-5-11/h8,12H,1-7H2,(H,13,14). The Bertz CT molecular complexity index is 236. The van der Waals surface area contributed by atoms with Gasteiger partial charge in [-0.05, 0) is 38.3 Å². The lowest BCUT2D eigenvalue weighted by Gasteiger charge is -2.50. The molecular formula is C10H17NO3. The van der Waals surface area contributed by atoms with Gasteiger partial charge in [-0.1, -0.05) is 0 Å². The molecule has 3 aliphatic rings. The first kappa shape index (κ1) is 9.93. The molecule has 2 N–H and O–H groups in total. The third kappa shape index (κ3) is 1.33. The fraction of sp³-hybridized carbons (Fsp3) is 0.900. The predicted molar refractivity (Wildman–Crippen MR) is 50.9 cm³/mol. The third-order valence-corrected chi connectivity index (χ3v) is 3.86. The van der Waals surface area contributed by atoms with Gasteiger partial charge in [-0.25, -0.2) is 0 Å². The Kier molecular flexibility index (Phi) is 2.49. The lowest BCUT2D eigenvalue weighted by Crippen LogP contribution is -2.58. The molecule has 0 aromatic carbocycles. The molecule has 2 bridgehead atoms. The lowest BCUT2D eigenvalue weighted by molar-refractivity contribution is -0.164. The molecule has 0 saturated carbocycles. The summed E-state index contributed by atoms with van der Waals surface area (Å²) < 4.78 is 0. The van der Waals surface area contributed by atoms with E-state index in [0.717, 1.165) is 25.9 Å². The summed E-state index contributed by atoms with van der Waals surface area (Å²) in [4.78, 5) is 13.5. The van der Waals surface area contributed by atoms with E-state index in [9.17, 15) is 9.90 Å². The highest BCUT2D eigenvalue weighted by molar-refractivity contribution is 5.75. The summed E-state index contributed by atoms with van der Waals surface area (Å²) in [5.41, 5.74) is -0.661. The summed E-state index contributed by atoms with van der Waals surface area (Å²) in [7, 11) is 0. The summed E-state index contributed by atoms with van der Waals surface area (Å²) >= 11 is 0. The molecule has 0 spiro atoms. The molecule has 0 amide bonds. The van der Waals surface area contributed by atoms with Crippen LogP contribution < -0.4 is 0 Å². The third-order valence-electron chi connectivity index (χ3n) is 3.86. The molecule has 14 heavy (non-hydrogen) atoms. The van der Waals surface area contributed by atoms with Crippen LogP contribution in [0, 0.1) is 11.3 Å². The number of hydrogen-bond acceptors (Lipinski definition) is 3. The molecule has 3 fully saturated rings. The first-order valence-electron chi connectivity index (χ1n) is 5.25. The zero-order valence-electron chi connectivity index (χ0n) is 8.28. The van der Waals surface area contributed by atoms with Gasteiger partial charge in [0.25, 0.3) is 0 Å². The second kappa shape index (κ2) is 3.51. The zero-order valence-corrected chi connectivity index (χ0v) is 8.28. The second-order valence-corrected chi connectivity index (χ2v) is 4.49. The van der Waals surface area contributed by atoms with Gasteiger partial charge >= 0.3 is 5.97 Å². The Labute approximate surface area is 83.5 Å². The van der Waals surface area contributed by atoms with Crippen molar-refractivity contribution in [3.63, 3.8) is 0 Å². The van der Waals surface area contributed by atoms with Crippen LogP contribution in [0.1, 0.15) is 19.3 Å². The molecule has 1 atom stereocenters. The van der Waals surface area contributed by atoms with Crippen LogP contribution in [0.25, 0.3) is 0 Å². The van der Waals surface area contributed by atoms with Gasteiger partial charge in [0.15, 0.2) is 0 Å². The van der Waals surface area contributed by atoms with E-state index < -0.39 is 11.4 Å². The van der Waals surface area contributed by atoms with Crippen molar-refractivity contribution in [1.29, 1.82) is 0 Å². The minimum Gasteiger partial charge on any atom is -0.481 e. The number of carboxylic acid groups (broad SMARTS) is 1. The van der Waals surface area contributed by atoms with E-state index >= 15 is 0 Å². The maximum atomic E-state index is 11.3. The van der Waals surface area contributed by atoms with Crippen LogP contribution in [0.3, 0.4) is 0 Å². The highest BCUT2D eigenvalue weighted by Gasteiger charge is 2.51. The van der Waals surface area contributed by atoms with Crippen LogP contribution >= 0.6 is 0 Å². The van der Waals surface area contributed by atoms with Gasteiger partial charge in [-0.15, -0.1) is 0 Å². The Morgan fingerprint density at radius 2 is 2.07 bits per heavy atom. The smallest absolute Gasteiger partial charge is 0.311 e. The van der Waals surface area contributed by atoms with Gasteiger partial charge in [0.1, 0.15) is 0 Å². The Balaban J connectivity index is 2.22. The highest BCUT2D eigenvalue weighted by atomic mass is 16.4. The van der Waals surface area contributed by atoms with Crippen LogP contribution in [0.15, 0.2) is 0 Å². The fourth-order valence-electron chi connectivity index (χ4n) is 3.00. The van der Waals surface area contributed by atoms with E-state index in [2.05, 4.69) is 4.90 Å². The quantitative estimate of drug-likeness (QED) is 0.680. The number of carbonyl (C=O) groups is 1. The predicted octanol–water partition coefficient (Wildman–Crippen LogP) is 0.165. The minimum atomic E-state index is -0.721. The molecule has 0 aromatic rings. The fourth-order valence-corrected chi connectivity index (χ4v) is 3.00. The Morgan fingerprint density at radius 1 is 1.43 bits per heavy atom. The maximum Gasteiger partial charge on any atom is 0.311 e. The average Bonchev–Trinajstić information content (AvgIpc) is 2.19. The molecule has 0 aliphatic carbocycles. The molecule has 4 heteroatoms. The van der Waals surface area contributed by atoms with Crippen molar-refractivity contribution in [2.75, 3.05) is 26.2 Å². The van der Waals surface area contributed by atoms with E-state index in [1.165, 1.54) is 0 Å². The van der Waals surface area contributed by atoms with Crippen LogP contribution in [0.2, 0.25) is 0 Å². The molecule has 0 radical (unpaired) electrons. The van der Waals surface area contributed by atoms with Crippen LogP contribution in [0.4, 0.5) is 0 Å². The monoisotopic (exact) mass is 199 g/mol. The Morgan fingerprint density at radius 3 is 2.43 bits per heavy atom.